The number of aliphatic imine (C=N–C) groups is 1. The summed E-state index contributed by atoms with van der Waals surface area (Å²) in [5.74, 6) is 1.65. The second kappa shape index (κ2) is 13.6. The van der Waals surface area contributed by atoms with Crippen LogP contribution in [-0.2, 0) is 4.79 Å². The maximum absolute atomic E-state index is 12.3. The van der Waals surface area contributed by atoms with E-state index < -0.39 is 0 Å². The topological polar surface area (TPSA) is 60.0 Å². The highest BCUT2D eigenvalue weighted by Gasteiger charge is 2.20. The summed E-state index contributed by atoms with van der Waals surface area (Å²) in [6.45, 7) is 15.4. The molecule has 0 bridgehead atoms. The molecule has 0 spiro atoms. The summed E-state index contributed by atoms with van der Waals surface area (Å²) in [6, 6.07) is 1.06. The Morgan fingerprint density at radius 2 is 1.81 bits per heavy atom. The highest BCUT2D eigenvalue weighted by molar-refractivity contribution is 14.0. The van der Waals surface area contributed by atoms with Gasteiger partial charge in [-0.3, -0.25) is 14.7 Å². The summed E-state index contributed by atoms with van der Waals surface area (Å²) in [7, 11) is 1.77. The van der Waals surface area contributed by atoms with Gasteiger partial charge in [-0.1, -0.05) is 6.92 Å². The minimum atomic E-state index is 0. The molecule has 0 aromatic heterocycles. The van der Waals surface area contributed by atoms with Crippen LogP contribution in [0.2, 0.25) is 0 Å². The third-order valence-electron chi connectivity index (χ3n) is 4.85. The van der Waals surface area contributed by atoms with Crippen molar-refractivity contribution in [1.82, 2.24) is 20.4 Å². The summed E-state index contributed by atoms with van der Waals surface area (Å²) in [5, 5.41) is 6.60. The molecule has 1 aliphatic rings. The molecule has 0 aliphatic carbocycles. The number of rotatable bonds is 8. The van der Waals surface area contributed by atoms with Crippen molar-refractivity contribution < 1.29 is 4.79 Å². The van der Waals surface area contributed by atoms with Gasteiger partial charge < -0.3 is 15.5 Å². The minimum absolute atomic E-state index is 0. The van der Waals surface area contributed by atoms with E-state index in [1.165, 1.54) is 6.42 Å². The predicted octanol–water partition coefficient (Wildman–Crippen LogP) is 2.54. The maximum atomic E-state index is 12.3. The van der Waals surface area contributed by atoms with Crippen molar-refractivity contribution >= 4 is 35.8 Å². The highest BCUT2D eigenvalue weighted by atomic mass is 127. The van der Waals surface area contributed by atoms with Crippen LogP contribution in [0.25, 0.3) is 0 Å². The average Bonchev–Trinajstić information content (AvgIpc) is 2.56. The Balaban J connectivity index is 0.00000625. The van der Waals surface area contributed by atoms with E-state index in [0.29, 0.717) is 31.0 Å². The molecule has 0 aromatic rings. The Bertz CT molecular complexity index is 420. The summed E-state index contributed by atoms with van der Waals surface area (Å²) < 4.78 is 0. The SMILES string of the molecule is CN=C(NCCC(=O)N1CCCC(C)C1)NCCN(C(C)C)C(C)C.I. The monoisotopic (exact) mass is 481 g/mol. The van der Waals surface area contributed by atoms with Gasteiger partial charge in [0.2, 0.25) is 5.91 Å². The Hall–Kier alpha value is -0.570. The van der Waals surface area contributed by atoms with Crippen LogP contribution in [0.15, 0.2) is 4.99 Å². The molecular formula is C19H40IN5O. The number of amides is 1. The number of piperidine rings is 1. The first-order valence-electron chi connectivity index (χ1n) is 9.83. The van der Waals surface area contributed by atoms with Crippen LogP contribution in [0, 0.1) is 5.92 Å². The number of nitrogens with one attached hydrogen (secondary N) is 2. The molecule has 1 saturated heterocycles. The van der Waals surface area contributed by atoms with Crippen LogP contribution in [0.5, 0.6) is 0 Å². The number of carbonyl (C=O) groups is 1. The predicted molar refractivity (Wildman–Crippen MR) is 121 cm³/mol. The number of guanidine groups is 1. The van der Waals surface area contributed by atoms with Gasteiger partial charge in [0.1, 0.15) is 0 Å². The number of likely N-dealkylation sites (tertiary alicyclic amines) is 1. The first kappa shape index (κ1) is 25.4. The lowest BCUT2D eigenvalue weighted by molar-refractivity contribution is -0.132. The Morgan fingerprint density at radius 1 is 1.19 bits per heavy atom. The van der Waals surface area contributed by atoms with Gasteiger partial charge in [-0.15, -0.1) is 24.0 Å². The molecule has 26 heavy (non-hydrogen) atoms. The van der Waals surface area contributed by atoms with Gasteiger partial charge >= 0.3 is 0 Å². The van der Waals surface area contributed by atoms with Gasteiger partial charge in [0, 0.05) is 58.3 Å². The standard InChI is InChI=1S/C19H39N5O.HI/c1-15(2)24(16(3)4)13-11-22-19(20-6)21-10-9-18(25)23-12-7-8-17(5)14-23;/h15-17H,7-14H2,1-6H3,(H2,20,21,22);1H. The second-order valence-corrected chi connectivity index (χ2v) is 7.69. The zero-order valence-corrected chi connectivity index (χ0v) is 19.9. The zero-order valence-electron chi connectivity index (χ0n) is 17.5. The van der Waals surface area contributed by atoms with Crippen LogP contribution < -0.4 is 10.6 Å². The molecule has 154 valence electrons. The fourth-order valence-electron chi connectivity index (χ4n) is 3.50. The largest absolute Gasteiger partial charge is 0.356 e. The minimum Gasteiger partial charge on any atom is -0.356 e. The molecule has 1 fully saturated rings. The van der Waals surface area contributed by atoms with E-state index in [4.69, 9.17) is 0 Å². The fourth-order valence-corrected chi connectivity index (χ4v) is 3.50. The van der Waals surface area contributed by atoms with Crippen LogP contribution in [0.1, 0.15) is 53.9 Å². The van der Waals surface area contributed by atoms with Gasteiger partial charge in [-0.05, 0) is 46.5 Å². The molecular weight excluding hydrogens is 441 g/mol. The van der Waals surface area contributed by atoms with E-state index in [0.717, 1.165) is 38.6 Å². The van der Waals surface area contributed by atoms with Crippen molar-refractivity contribution in [3.63, 3.8) is 0 Å². The molecule has 2 N–H and O–H groups in total. The van der Waals surface area contributed by atoms with E-state index in [9.17, 15) is 4.79 Å². The molecule has 0 radical (unpaired) electrons. The summed E-state index contributed by atoms with van der Waals surface area (Å²) >= 11 is 0. The maximum Gasteiger partial charge on any atom is 0.224 e. The second-order valence-electron chi connectivity index (χ2n) is 7.69. The lowest BCUT2D eigenvalue weighted by Crippen LogP contribution is -2.46. The van der Waals surface area contributed by atoms with E-state index in [2.05, 4.69) is 55.1 Å². The van der Waals surface area contributed by atoms with Gasteiger partial charge in [0.05, 0.1) is 0 Å². The smallest absolute Gasteiger partial charge is 0.224 e. The molecule has 1 heterocycles. The van der Waals surface area contributed by atoms with Crippen molar-refractivity contribution in [2.24, 2.45) is 10.9 Å². The first-order chi connectivity index (χ1) is 11.8. The Kier molecular flexibility index (Phi) is 13.3. The van der Waals surface area contributed by atoms with Gasteiger partial charge in [-0.2, -0.15) is 0 Å². The van der Waals surface area contributed by atoms with Crippen molar-refractivity contribution in [2.75, 3.05) is 39.8 Å². The molecule has 1 unspecified atom stereocenters. The van der Waals surface area contributed by atoms with Gasteiger partial charge in [0.25, 0.3) is 0 Å². The zero-order chi connectivity index (χ0) is 18.8. The third-order valence-corrected chi connectivity index (χ3v) is 4.85. The molecule has 1 atom stereocenters. The lowest BCUT2D eigenvalue weighted by atomic mass is 10.00. The fraction of sp³-hybridized carbons (Fsp3) is 0.895. The Morgan fingerprint density at radius 3 is 2.35 bits per heavy atom. The van der Waals surface area contributed by atoms with Crippen molar-refractivity contribution in [3.05, 3.63) is 0 Å². The average molecular weight is 481 g/mol. The van der Waals surface area contributed by atoms with E-state index in [-0.39, 0.29) is 29.9 Å². The molecule has 6 nitrogen and oxygen atoms in total. The molecule has 1 aliphatic heterocycles. The van der Waals surface area contributed by atoms with Crippen molar-refractivity contribution in [2.45, 2.75) is 66.0 Å². The molecule has 0 aromatic carbocycles. The third kappa shape index (κ3) is 9.39. The molecule has 7 heteroatoms. The van der Waals surface area contributed by atoms with Gasteiger partial charge in [0.15, 0.2) is 5.96 Å². The number of carbonyl (C=O) groups excluding carboxylic acids is 1. The van der Waals surface area contributed by atoms with E-state index >= 15 is 0 Å². The first-order valence-corrected chi connectivity index (χ1v) is 9.83. The summed E-state index contributed by atoms with van der Waals surface area (Å²) in [4.78, 5) is 21.0. The van der Waals surface area contributed by atoms with Crippen molar-refractivity contribution in [3.8, 4) is 0 Å². The summed E-state index contributed by atoms with van der Waals surface area (Å²) in [6.07, 6.45) is 2.89. The molecule has 1 amide bonds. The highest BCUT2D eigenvalue weighted by Crippen LogP contribution is 2.15. The van der Waals surface area contributed by atoms with E-state index in [1.54, 1.807) is 7.05 Å². The molecule has 1 rings (SSSR count). The quantitative estimate of drug-likeness (QED) is 0.318. The molecule has 0 saturated carbocycles. The van der Waals surface area contributed by atoms with E-state index in [1.807, 2.05) is 4.90 Å². The number of hydrogen-bond acceptors (Lipinski definition) is 3. The van der Waals surface area contributed by atoms with Crippen molar-refractivity contribution in [1.29, 1.82) is 0 Å². The van der Waals surface area contributed by atoms with Gasteiger partial charge in [-0.25, -0.2) is 0 Å². The summed E-state index contributed by atoms with van der Waals surface area (Å²) in [5.41, 5.74) is 0. The Labute approximate surface area is 177 Å². The number of halogens is 1. The normalized spacial score (nSPS) is 18.3. The van der Waals surface area contributed by atoms with Crippen LogP contribution in [-0.4, -0.2) is 73.5 Å². The van der Waals surface area contributed by atoms with Crippen LogP contribution in [0.3, 0.4) is 0 Å². The number of nitrogens with zero attached hydrogens (tertiary/aromatic N) is 3. The lowest BCUT2D eigenvalue weighted by Gasteiger charge is -2.31. The number of hydrogen-bond donors (Lipinski definition) is 2. The van der Waals surface area contributed by atoms with Crippen LogP contribution >= 0.6 is 24.0 Å². The van der Waals surface area contributed by atoms with Crippen LogP contribution in [0.4, 0.5) is 0 Å².